The van der Waals surface area contributed by atoms with E-state index < -0.39 is 5.82 Å². The van der Waals surface area contributed by atoms with Crippen molar-refractivity contribution in [1.82, 2.24) is 9.80 Å². The van der Waals surface area contributed by atoms with Crippen molar-refractivity contribution in [3.8, 4) is 11.5 Å². The first-order valence-corrected chi connectivity index (χ1v) is 10.6. The van der Waals surface area contributed by atoms with Crippen LogP contribution in [0.3, 0.4) is 0 Å². The molecule has 2 aromatic carbocycles. The lowest BCUT2D eigenvalue weighted by Gasteiger charge is -2.41. The lowest BCUT2D eigenvalue weighted by Crippen LogP contribution is -2.51. The summed E-state index contributed by atoms with van der Waals surface area (Å²) in [5, 5.41) is 0.366. The number of hydrogen-bond donors (Lipinski definition) is 0. The number of halogens is 2. The molecular weight excluding hydrogens is 407 g/mol. The molecule has 5 nitrogen and oxygen atoms in total. The zero-order valence-corrected chi connectivity index (χ0v) is 18.0. The minimum absolute atomic E-state index is 0.0453. The number of nitrogens with zero attached hydrogens (tertiary/aromatic N) is 2. The van der Waals surface area contributed by atoms with Crippen molar-refractivity contribution in [1.29, 1.82) is 0 Å². The Morgan fingerprint density at radius 1 is 1.10 bits per heavy atom. The third-order valence-electron chi connectivity index (χ3n) is 6.11. The zero-order chi connectivity index (χ0) is 21.3. The average Bonchev–Trinajstić information content (AvgIpc) is 2.78. The number of likely N-dealkylation sites (tertiary alicyclic amines) is 1. The fraction of sp³-hybridized carbons (Fsp3) is 0.435. The molecule has 2 heterocycles. The second kappa shape index (κ2) is 8.82. The van der Waals surface area contributed by atoms with Crippen LogP contribution in [0.4, 0.5) is 4.39 Å². The molecule has 0 aliphatic carbocycles. The minimum Gasteiger partial charge on any atom is -0.493 e. The van der Waals surface area contributed by atoms with Gasteiger partial charge in [0.15, 0.2) is 11.5 Å². The van der Waals surface area contributed by atoms with Crippen molar-refractivity contribution in [3.63, 3.8) is 0 Å². The summed E-state index contributed by atoms with van der Waals surface area (Å²) in [4.78, 5) is 17.1. The van der Waals surface area contributed by atoms with E-state index >= 15 is 0 Å². The molecule has 160 valence electrons. The van der Waals surface area contributed by atoms with Gasteiger partial charge in [0.05, 0.1) is 19.8 Å². The highest BCUT2D eigenvalue weighted by Crippen LogP contribution is 2.34. The highest BCUT2D eigenvalue weighted by molar-refractivity contribution is 6.31. The first-order valence-electron chi connectivity index (χ1n) is 10.2. The topological polar surface area (TPSA) is 42.0 Å². The van der Waals surface area contributed by atoms with Crippen LogP contribution >= 0.6 is 11.6 Å². The molecule has 1 atom stereocenters. The summed E-state index contributed by atoms with van der Waals surface area (Å²) < 4.78 is 25.1. The van der Waals surface area contributed by atoms with Crippen molar-refractivity contribution in [2.24, 2.45) is 0 Å². The van der Waals surface area contributed by atoms with Crippen molar-refractivity contribution in [3.05, 3.63) is 57.9 Å². The van der Waals surface area contributed by atoms with Crippen LogP contribution in [0.2, 0.25) is 5.02 Å². The summed E-state index contributed by atoms with van der Waals surface area (Å²) in [6, 6.07) is 8.48. The number of carbonyl (C=O) groups excluding carboxylic acids is 1. The summed E-state index contributed by atoms with van der Waals surface area (Å²) in [5.41, 5.74) is 2.54. The van der Waals surface area contributed by atoms with Gasteiger partial charge in [0.25, 0.3) is 5.91 Å². The molecule has 1 unspecified atom stereocenters. The third kappa shape index (κ3) is 4.12. The predicted molar refractivity (Wildman–Crippen MR) is 114 cm³/mol. The van der Waals surface area contributed by atoms with E-state index in [1.54, 1.807) is 19.1 Å². The number of hydrogen-bond acceptors (Lipinski definition) is 4. The van der Waals surface area contributed by atoms with Crippen LogP contribution in [0.25, 0.3) is 0 Å². The lowest BCUT2D eigenvalue weighted by molar-refractivity contribution is 0.0544. The number of carbonyl (C=O) groups is 1. The van der Waals surface area contributed by atoms with Gasteiger partial charge in [0.2, 0.25) is 0 Å². The Bertz CT molecular complexity index is 952. The normalized spacial score (nSPS) is 19.3. The standard InChI is InChI=1S/C23H26ClFN2O3/c1-29-21-10-15-7-9-26(13-16(15)11-22(21)30-2)18-4-3-8-27(14-18)23(28)19-12-17(24)5-6-20(19)25/h5-6,10-12,18H,3-4,7-9,13-14H2,1-2H3. The molecule has 0 saturated carbocycles. The van der Waals surface area contributed by atoms with Crippen molar-refractivity contribution >= 4 is 17.5 Å². The maximum Gasteiger partial charge on any atom is 0.256 e. The van der Waals surface area contributed by atoms with E-state index in [4.69, 9.17) is 21.1 Å². The summed E-state index contributed by atoms with van der Waals surface area (Å²) >= 11 is 5.98. The van der Waals surface area contributed by atoms with E-state index in [0.29, 0.717) is 18.1 Å². The van der Waals surface area contributed by atoms with Gasteiger partial charge < -0.3 is 14.4 Å². The molecule has 0 spiro atoms. The molecule has 1 fully saturated rings. The summed E-state index contributed by atoms with van der Waals surface area (Å²) in [6.07, 6.45) is 2.83. The number of amides is 1. The van der Waals surface area contributed by atoms with Crippen LogP contribution in [0.5, 0.6) is 11.5 Å². The van der Waals surface area contributed by atoms with Gasteiger partial charge in [-0.05, 0) is 60.7 Å². The number of rotatable bonds is 4. The third-order valence-corrected chi connectivity index (χ3v) is 6.34. The van der Waals surface area contributed by atoms with Gasteiger partial charge in [-0.2, -0.15) is 0 Å². The number of methoxy groups -OCH3 is 2. The molecule has 2 aromatic rings. The highest BCUT2D eigenvalue weighted by atomic mass is 35.5. The van der Waals surface area contributed by atoms with E-state index in [9.17, 15) is 9.18 Å². The molecule has 1 saturated heterocycles. The van der Waals surface area contributed by atoms with Gasteiger partial charge in [-0.25, -0.2) is 4.39 Å². The number of fused-ring (bicyclic) bond motifs is 1. The minimum atomic E-state index is -0.528. The molecule has 0 aromatic heterocycles. The first kappa shape index (κ1) is 20.9. The van der Waals surface area contributed by atoms with E-state index in [0.717, 1.165) is 43.9 Å². The van der Waals surface area contributed by atoms with Crippen LogP contribution in [0.1, 0.15) is 34.3 Å². The monoisotopic (exact) mass is 432 g/mol. The van der Waals surface area contributed by atoms with Gasteiger partial charge >= 0.3 is 0 Å². The molecule has 0 radical (unpaired) electrons. The second-order valence-electron chi connectivity index (χ2n) is 7.87. The molecule has 1 amide bonds. The smallest absolute Gasteiger partial charge is 0.256 e. The Morgan fingerprint density at radius 2 is 1.83 bits per heavy atom. The number of ether oxygens (including phenoxy) is 2. The van der Waals surface area contributed by atoms with Crippen molar-refractivity contribution in [2.45, 2.75) is 31.8 Å². The Kier molecular flexibility index (Phi) is 6.16. The van der Waals surface area contributed by atoms with Crippen LogP contribution in [-0.4, -0.2) is 55.6 Å². The maximum absolute atomic E-state index is 14.2. The second-order valence-corrected chi connectivity index (χ2v) is 8.30. The zero-order valence-electron chi connectivity index (χ0n) is 17.3. The fourth-order valence-electron chi connectivity index (χ4n) is 4.49. The molecule has 30 heavy (non-hydrogen) atoms. The number of piperidine rings is 1. The maximum atomic E-state index is 14.2. The van der Waals surface area contributed by atoms with Gasteiger partial charge in [0, 0.05) is 37.2 Å². The fourth-order valence-corrected chi connectivity index (χ4v) is 4.66. The van der Waals surface area contributed by atoms with E-state index in [-0.39, 0.29) is 17.5 Å². The molecule has 2 aliphatic heterocycles. The molecule has 0 N–H and O–H groups in total. The first-order chi connectivity index (χ1) is 14.5. The van der Waals surface area contributed by atoms with Crippen LogP contribution in [-0.2, 0) is 13.0 Å². The predicted octanol–water partition coefficient (Wildman–Crippen LogP) is 4.16. The van der Waals surface area contributed by atoms with Crippen molar-refractivity contribution < 1.29 is 18.7 Å². The largest absolute Gasteiger partial charge is 0.493 e. The average molecular weight is 433 g/mol. The van der Waals surface area contributed by atoms with Gasteiger partial charge in [-0.1, -0.05) is 11.6 Å². The molecule has 4 rings (SSSR count). The van der Waals surface area contributed by atoms with Crippen LogP contribution in [0.15, 0.2) is 30.3 Å². The lowest BCUT2D eigenvalue weighted by atomic mass is 9.95. The molecular formula is C23H26ClFN2O3. The highest BCUT2D eigenvalue weighted by Gasteiger charge is 2.31. The van der Waals surface area contributed by atoms with Crippen molar-refractivity contribution in [2.75, 3.05) is 33.9 Å². The number of benzene rings is 2. The Hall–Kier alpha value is -2.31. The van der Waals surface area contributed by atoms with Crippen LogP contribution < -0.4 is 9.47 Å². The van der Waals surface area contributed by atoms with E-state index in [1.165, 1.54) is 29.3 Å². The van der Waals surface area contributed by atoms with E-state index in [2.05, 4.69) is 11.0 Å². The Morgan fingerprint density at radius 3 is 2.57 bits per heavy atom. The SMILES string of the molecule is COc1cc2c(cc1OC)CN(C1CCCN(C(=O)c3cc(Cl)ccc3F)C1)CC2. The van der Waals surface area contributed by atoms with Gasteiger partial charge in [0.1, 0.15) is 5.82 Å². The Balaban J connectivity index is 1.49. The quantitative estimate of drug-likeness (QED) is 0.727. The summed E-state index contributed by atoms with van der Waals surface area (Å²) in [7, 11) is 3.29. The van der Waals surface area contributed by atoms with Gasteiger partial charge in [-0.15, -0.1) is 0 Å². The van der Waals surface area contributed by atoms with Gasteiger partial charge in [-0.3, -0.25) is 9.69 Å². The summed E-state index contributed by atoms with van der Waals surface area (Å²) in [6.45, 7) is 2.94. The molecule has 0 bridgehead atoms. The van der Waals surface area contributed by atoms with E-state index in [1.807, 2.05) is 6.07 Å². The Labute approximate surface area is 181 Å². The summed E-state index contributed by atoms with van der Waals surface area (Å²) in [5.74, 6) is 0.667. The molecule has 7 heteroatoms. The van der Waals surface area contributed by atoms with Crippen LogP contribution in [0, 0.1) is 5.82 Å². The molecule has 2 aliphatic rings.